The fourth-order valence-electron chi connectivity index (χ4n) is 1.96. The summed E-state index contributed by atoms with van der Waals surface area (Å²) in [7, 11) is -2.26. The summed E-state index contributed by atoms with van der Waals surface area (Å²) < 4.78 is 28.4. The zero-order valence-electron chi connectivity index (χ0n) is 11.0. The molecule has 108 valence electrons. The lowest BCUT2D eigenvalue weighted by Crippen LogP contribution is -2.29. The van der Waals surface area contributed by atoms with Crippen LogP contribution in [0.2, 0.25) is 5.02 Å². The number of sulfonamides is 1. The zero-order valence-corrected chi connectivity index (χ0v) is 12.6. The molecule has 2 rings (SSSR count). The van der Waals surface area contributed by atoms with Gasteiger partial charge in [-0.3, -0.25) is 4.68 Å². The molecule has 1 aromatic heterocycles. The smallest absolute Gasteiger partial charge is 0.259 e. The van der Waals surface area contributed by atoms with Crippen molar-refractivity contribution < 1.29 is 8.42 Å². The van der Waals surface area contributed by atoms with Gasteiger partial charge in [0.15, 0.2) is 5.03 Å². The van der Waals surface area contributed by atoms with Gasteiger partial charge in [0, 0.05) is 18.8 Å². The molecule has 0 spiro atoms. The van der Waals surface area contributed by atoms with Crippen LogP contribution in [0.25, 0.3) is 0 Å². The number of aromatic nitrogens is 2. The third kappa shape index (κ3) is 2.79. The number of benzene rings is 1. The van der Waals surface area contributed by atoms with Gasteiger partial charge in [0.1, 0.15) is 0 Å². The summed E-state index contributed by atoms with van der Waals surface area (Å²) in [5.74, 6) is 0. The van der Waals surface area contributed by atoms with Crippen LogP contribution in [0.15, 0.2) is 35.5 Å². The minimum atomic E-state index is -3.78. The first-order valence-corrected chi connectivity index (χ1v) is 7.73. The van der Waals surface area contributed by atoms with Crippen LogP contribution in [-0.4, -0.2) is 18.2 Å². The number of aryl methyl sites for hydroxylation is 1. The highest BCUT2D eigenvalue weighted by Crippen LogP contribution is 2.24. The van der Waals surface area contributed by atoms with Crippen molar-refractivity contribution in [2.24, 2.45) is 7.05 Å². The average Bonchev–Trinajstić information content (AvgIpc) is 2.69. The second-order valence-corrected chi connectivity index (χ2v) is 6.43. The van der Waals surface area contributed by atoms with E-state index in [1.54, 1.807) is 31.2 Å². The molecule has 1 unspecified atom stereocenters. The minimum absolute atomic E-state index is 0.0690. The van der Waals surface area contributed by atoms with Gasteiger partial charge in [-0.15, -0.1) is 0 Å². The Bertz CT molecular complexity index is 707. The number of halogens is 1. The first-order valence-electron chi connectivity index (χ1n) is 5.87. The molecule has 8 heteroatoms. The van der Waals surface area contributed by atoms with Gasteiger partial charge < -0.3 is 5.73 Å². The topological polar surface area (TPSA) is 90.0 Å². The SMILES string of the molecule is CC(NS(=O)(=O)c1c(Cl)cnn1C)c1ccccc1N. The van der Waals surface area contributed by atoms with Crippen LogP contribution in [0, 0.1) is 0 Å². The van der Waals surface area contributed by atoms with Crippen molar-refractivity contribution in [3.8, 4) is 0 Å². The molecule has 6 nitrogen and oxygen atoms in total. The standard InChI is InChI=1S/C12H15ClN4O2S/c1-8(9-5-3-4-6-11(9)14)16-20(18,19)12-10(13)7-15-17(12)2/h3-8,16H,14H2,1-2H3. The van der Waals surface area contributed by atoms with Gasteiger partial charge in [-0.05, 0) is 18.6 Å². The van der Waals surface area contributed by atoms with E-state index in [0.29, 0.717) is 11.3 Å². The normalized spacial score (nSPS) is 13.3. The van der Waals surface area contributed by atoms with Crippen LogP contribution in [0.3, 0.4) is 0 Å². The van der Waals surface area contributed by atoms with Crippen molar-refractivity contribution in [3.63, 3.8) is 0 Å². The molecule has 1 heterocycles. The molecule has 0 saturated carbocycles. The molecule has 0 fully saturated rings. The lowest BCUT2D eigenvalue weighted by Gasteiger charge is -2.16. The number of rotatable bonds is 4. The quantitative estimate of drug-likeness (QED) is 0.840. The van der Waals surface area contributed by atoms with Crippen molar-refractivity contribution in [1.82, 2.24) is 14.5 Å². The lowest BCUT2D eigenvalue weighted by atomic mass is 10.1. The summed E-state index contributed by atoms with van der Waals surface area (Å²) in [6.45, 7) is 1.72. The van der Waals surface area contributed by atoms with Crippen molar-refractivity contribution in [2.45, 2.75) is 18.0 Å². The third-order valence-electron chi connectivity index (χ3n) is 2.89. The van der Waals surface area contributed by atoms with Crippen LogP contribution in [-0.2, 0) is 17.1 Å². The predicted octanol–water partition coefficient (Wildman–Crippen LogP) is 1.70. The molecule has 0 aliphatic rings. The number of para-hydroxylation sites is 1. The number of nitrogens with two attached hydrogens (primary N) is 1. The molecule has 0 bridgehead atoms. The molecule has 0 radical (unpaired) electrons. The average molecular weight is 315 g/mol. The van der Waals surface area contributed by atoms with E-state index in [2.05, 4.69) is 9.82 Å². The Labute approximate surface area is 122 Å². The number of nitrogen functional groups attached to an aromatic ring is 1. The Kier molecular flexibility index (Phi) is 4.03. The van der Waals surface area contributed by atoms with E-state index < -0.39 is 16.1 Å². The van der Waals surface area contributed by atoms with Crippen molar-refractivity contribution >= 4 is 27.3 Å². The molecular formula is C12H15ClN4O2S. The Morgan fingerprint density at radius 3 is 2.60 bits per heavy atom. The Balaban J connectivity index is 2.32. The van der Waals surface area contributed by atoms with E-state index in [1.165, 1.54) is 17.9 Å². The Hall–Kier alpha value is -1.57. The van der Waals surface area contributed by atoms with Crippen LogP contribution >= 0.6 is 11.6 Å². The molecule has 0 saturated heterocycles. The number of hydrogen-bond acceptors (Lipinski definition) is 4. The van der Waals surface area contributed by atoms with E-state index in [9.17, 15) is 8.42 Å². The van der Waals surface area contributed by atoms with Gasteiger partial charge in [0.05, 0.1) is 11.2 Å². The molecule has 1 atom stereocenters. The maximum absolute atomic E-state index is 12.3. The number of anilines is 1. The maximum Gasteiger partial charge on any atom is 0.259 e. The number of nitrogens with one attached hydrogen (secondary N) is 1. The summed E-state index contributed by atoms with van der Waals surface area (Å²) in [5.41, 5.74) is 7.07. The van der Waals surface area contributed by atoms with E-state index >= 15 is 0 Å². The van der Waals surface area contributed by atoms with Crippen LogP contribution in [0.5, 0.6) is 0 Å². The van der Waals surface area contributed by atoms with E-state index in [4.69, 9.17) is 17.3 Å². The fraction of sp³-hybridized carbons (Fsp3) is 0.250. The first kappa shape index (κ1) is 14.8. The maximum atomic E-state index is 12.3. The van der Waals surface area contributed by atoms with Crippen molar-refractivity contribution in [3.05, 3.63) is 41.0 Å². The molecule has 0 aliphatic carbocycles. The van der Waals surface area contributed by atoms with Gasteiger partial charge in [0.2, 0.25) is 0 Å². The predicted molar refractivity (Wildman–Crippen MR) is 77.8 cm³/mol. The van der Waals surface area contributed by atoms with Gasteiger partial charge in [-0.25, -0.2) is 13.1 Å². The number of nitrogens with zero attached hydrogens (tertiary/aromatic N) is 2. The number of hydrogen-bond donors (Lipinski definition) is 2. The second-order valence-electron chi connectivity index (χ2n) is 4.39. The van der Waals surface area contributed by atoms with E-state index in [0.717, 1.165) is 0 Å². The van der Waals surface area contributed by atoms with Gasteiger partial charge >= 0.3 is 0 Å². The molecule has 20 heavy (non-hydrogen) atoms. The second kappa shape index (κ2) is 5.43. The van der Waals surface area contributed by atoms with Gasteiger partial charge in [-0.1, -0.05) is 29.8 Å². The molecule has 3 N–H and O–H groups in total. The van der Waals surface area contributed by atoms with Crippen molar-refractivity contribution in [1.29, 1.82) is 0 Å². The Morgan fingerprint density at radius 1 is 1.40 bits per heavy atom. The molecule has 2 aromatic rings. The summed E-state index contributed by atoms with van der Waals surface area (Å²) in [5, 5.41) is 3.83. The van der Waals surface area contributed by atoms with E-state index in [-0.39, 0.29) is 10.0 Å². The van der Waals surface area contributed by atoms with Crippen molar-refractivity contribution in [2.75, 3.05) is 5.73 Å². The summed E-state index contributed by atoms with van der Waals surface area (Å²) in [6, 6.07) is 6.60. The van der Waals surface area contributed by atoms with Crippen LogP contribution in [0.1, 0.15) is 18.5 Å². The van der Waals surface area contributed by atoms with Gasteiger partial charge in [-0.2, -0.15) is 5.10 Å². The largest absolute Gasteiger partial charge is 0.398 e. The monoisotopic (exact) mass is 314 g/mol. The zero-order chi connectivity index (χ0) is 14.9. The highest BCUT2D eigenvalue weighted by molar-refractivity contribution is 7.89. The third-order valence-corrected chi connectivity index (χ3v) is 4.94. The molecule has 1 aromatic carbocycles. The van der Waals surface area contributed by atoms with Gasteiger partial charge in [0.25, 0.3) is 10.0 Å². The minimum Gasteiger partial charge on any atom is -0.398 e. The highest BCUT2D eigenvalue weighted by atomic mass is 35.5. The summed E-state index contributed by atoms with van der Waals surface area (Å²) >= 11 is 5.86. The summed E-state index contributed by atoms with van der Waals surface area (Å²) in [6.07, 6.45) is 1.29. The lowest BCUT2D eigenvalue weighted by molar-refractivity contribution is 0.550. The molecule has 0 amide bonds. The fourth-order valence-corrected chi connectivity index (χ4v) is 3.84. The summed E-state index contributed by atoms with van der Waals surface area (Å²) in [4.78, 5) is 0. The van der Waals surface area contributed by atoms with Crippen LogP contribution < -0.4 is 10.5 Å². The molecule has 0 aliphatic heterocycles. The highest BCUT2D eigenvalue weighted by Gasteiger charge is 2.25. The molecular weight excluding hydrogens is 300 g/mol. The van der Waals surface area contributed by atoms with E-state index in [1.807, 2.05) is 0 Å². The first-order chi connectivity index (χ1) is 9.33. The van der Waals surface area contributed by atoms with Crippen LogP contribution in [0.4, 0.5) is 5.69 Å². The Morgan fingerprint density at radius 2 is 2.05 bits per heavy atom.